The van der Waals surface area contributed by atoms with Gasteiger partial charge in [0.2, 0.25) is 0 Å². The van der Waals surface area contributed by atoms with Crippen LogP contribution in [0.4, 0.5) is 0 Å². The van der Waals surface area contributed by atoms with Gasteiger partial charge in [-0.05, 0) is 24.5 Å². The number of hydrogen-bond acceptors (Lipinski definition) is 4. The summed E-state index contributed by atoms with van der Waals surface area (Å²) < 4.78 is 10.6. The zero-order valence-electron chi connectivity index (χ0n) is 13.7. The van der Waals surface area contributed by atoms with Gasteiger partial charge in [-0.1, -0.05) is 20.8 Å². The van der Waals surface area contributed by atoms with Crippen LogP contribution in [0.15, 0.2) is 12.1 Å². The van der Waals surface area contributed by atoms with Gasteiger partial charge in [0.05, 0.1) is 14.2 Å². The maximum Gasteiger partial charge on any atom is 0.251 e. The Bertz CT molecular complexity index is 482. The van der Waals surface area contributed by atoms with Gasteiger partial charge in [-0.15, -0.1) is 0 Å². The summed E-state index contributed by atoms with van der Waals surface area (Å²) in [7, 11) is 3.14. The Morgan fingerprint density at radius 1 is 1.24 bits per heavy atom. The second kappa shape index (κ2) is 6.80. The molecule has 0 saturated carbocycles. The van der Waals surface area contributed by atoms with Crippen LogP contribution in [0.3, 0.4) is 0 Å². The van der Waals surface area contributed by atoms with Gasteiger partial charge in [0.1, 0.15) is 11.5 Å². The Hall–Kier alpha value is -1.75. The van der Waals surface area contributed by atoms with Crippen molar-refractivity contribution in [2.45, 2.75) is 33.7 Å². The molecule has 21 heavy (non-hydrogen) atoms. The zero-order chi connectivity index (χ0) is 16.2. The molecular formula is C16H26N2O3. The molecule has 0 radical (unpaired) electrons. The van der Waals surface area contributed by atoms with Crippen molar-refractivity contribution in [3.8, 4) is 11.5 Å². The van der Waals surface area contributed by atoms with Gasteiger partial charge in [-0.25, -0.2) is 0 Å². The fourth-order valence-corrected chi connectivity index (χ4v) is 2.09. The monoisotopic (exact) mass is 294 g/mol. The molecule has 118 valence electrons. The number of benzene rings is 1. The molecule has 0 aromatic heterocycles. The minimum absolute atomic E-state index is 0.108. The number of nitrogens with two attached hydrogens (primary N) is 1. The molecule has 1 amide bonds. The molecule has 1 aromatic rings. The molecule has 0 bridgehead atoms. The second-order valence-corrected chi connectivity index (χ2v) is 6.13. The van der Waals surface area contributed by atoms with Gasteiger partial charge in [0.15, 0.2) is 0 Å². The number of nitrogens with one attached hydrogen (secondary N) is 1. The largest absolute Gasteiger partial charge is 0.496 e. The molecule has 0 spiro atoms. The van der Waals surface area contributed by atoms with Crippen molar-refractivity contribution in [1.82, 2.24) is 5.32 Å². The average Bonchev–Trinajstić information content (AvgIpc) is 2.43. The number of amides is 1. The van der Waals surface area contributed by atoms with Gasteiger partial charge in [0, 0.05) is 23.7 Å². The number of carbonyl (C=O) groups excluding carboxylic acids is 1. The van der Waals surface area contributed by atoms with Gasteiger partial charge in [-0.3, -0.25) is 4.79 Å². The van der Waals surface area contributed by atoms with E-state index >= 15 is 0 Å². The summed E-state index contributed by atoms with van der Waals surface area (Å²) in [4.78, 5) is 12.4. The highest BCUT2D eigenvalue weighted by Crippen LogP contribution is 2.29. The first-order valence-electron chi connectivity index (χ1n) is 6.98. The molecule has 0 aliphatic heterocycles. The summed E-state index contributed by atoms with van der Waals surface area (Å²) in [6, 6.07) is 3.32. The highest BCUT2D eigenvalue weighted by Gasteiger charge is 2.25. The summed E-state index contributed by atoms with van der Waals surface area (Å²) in [6.07, 6.45) is 0. The maximum atomic E-state index is 12.4. The summed E-state index contributed by atoms with van der Waals surface area (Å²) in [5.41, 5.74) is 7.01. The van der Waals surface area contributed by atoms with Gasteiger partial charge < -0.3 is 20.5 Å². The molecule has 0 aliphatic rings. The van der Waals surface area contributed by atoms with E-state index in [-0.39, 0.29) is 17.4 Å². The molecule has 0 heterocycles. The second-order valence-electron chi connectivity index (χ2n) is 6.13. The van der Waals surface area contributed by atoms with Gasteiger partial charge in [-0.2, -0.15) is 0 Å². The Morgan fingerprint density at radius 3 is 2.05 bits per heavy atom. The summed E-state index contributed by atoms with van der Waals surface area (Å²) >= 11 is 0. The van der Waals surface area contributed by atoms with Gasteiger partial charge >= 0.3 is 0 Å². The first-order chi connectivity index (χ1) is 9.74. The van der Waals surface area contributed by atoms with Crippen molar-refractivity contribution >= 4 is 5.91 Å². The van der Waals surface area contributed by atoms with Crippen LogP contribution in [0.1, 0.15) is 36.7 Å². The number of hydrogen-bond donors (Lipinski definition) is 2. The first-order valence-corrected chi connectivity index (χ1v) is 6.98. The lowest BCUT2D eigenvalue weighted by Crippen LogP contribution is -2.48. The van der Waals surface area contributed by atoms with Crippen LogP contribution in [0.25, 0.3) is 0 Å². The lowest BCUT2D eigenvalue weighted by Gasteiger charge is -2.30. The predicted molar refractivity (Wildman–Crippen MR) is 84.0 cm³/mol. The Morgan fingerprint density at radius 2 is 1.71 bits per heavy atom. The van der Waals surface area contributed by atoms with Crippen LogP contribution in [-0.4, -0.2) is 32.7 Å². The van der Waals surface area contributed by atoms with E-state index in [2.05, 4.69) is 5.32 Å². The molecule has 1 unspecified atom stereocenters. The van der Waals surface area contributed by atoms with Crippen LogP contribution in [0.2, 0.25) is 0 Å². The SMILES string of the molecule is COc1cc(C(=O)NC(CN)C(C)(C)C)cc(OC)c1C. The molecular weight excluding hydrogens is 268 g/mol. The molecule has 1 rings (SSSR count). The topological polar surface area (TPSA) is 73.6 Å². The normalized spacial score (nSPS) is 12.7. The van der Waals surface area contributed by atoms with E-state index in [9.17, 15) is 4.79 Å². The summed E-state index contributed by atoms with van der Waals surface area (Å²) in [5, 5.41) is 2.97. The number of ether oxygens (including phenoxy) is 2. The molecule has 0 saturated heterocycles. The third kappa shape index (κ3) is 4.11. The van der Waals surface area contributed by atoms with Crippen molar-refractivity contribution in [3.63, 3.8) is 0 Å². The van der Waals surface area contributed by atoms with Crippen molar-refractivity contribution in [1.29, 1.82) is 0 Å². The van der Waals surface area contributed by atoms with Crippen LogP contribution >= 0.6 is 0 Å². The molecule has 5 heteroatoms. The first kappa shape index (κ1) is 17.3. The fraction of sp³-hybridized carbons (Fsp3) is 0.562. The predicted octanol–water partition coefficient (Wildman–Crippen LogP) is 2.12. The smallest absolute Gasteiger partial charge is 0.251 e. The van der Waals surface area contributed by atoms with E-state index in [1.54, 1.807) is 26.4 Å². The molecule has 1 aromatic carbocycles. The summed E-state index contributed by atoms with van der Waals surface area (Å²) in [6.45, 7) is 8.40. The van der Waals surface area contributed by atoms with E-state index in [0.717, 1.165) is 5.56 Å². The molecule has 0 aliphatic carbocycles. The number of carbonyl (C=O) groups is 1. The minimum Gasteiger partial charge on any atom is -0.496 e. The van der Waals surface area contributed by atoms with Crippen LogP contribution < -0.4 is 20.5 Å². The Labute approximate surface area is 126 Å². The van der Waals surface area contributed by atoms with E-state index in [4.69, 9.17) is 15.2 Å². The molecule has 5 nitrogen and oxygen atoms in total. The minimum atomic E-state index is -0.183. The van der Waals surface area contributed by atoms with Gasteiger partial charge in [0.25, 0.3) is 5.91 Å². The third-order valence-corrected chi connectivity index (χ3v) is 3.60. The van der Waals surface area contributed by atoms with E-state index in [1.807, 2.05) is 27.7 Å². The molecule has 3 N–H and O–H groups in total. The number of methoxy groups -OCH3 is 2. The lowest BCUT2D eigenvalue weighted by molar-refractivity contribution is 0.0905. The van der Waals surface area contributed by atoms with Crippen molar-refractivity contribution < 1.29 is 14.3 Å². The maximum absolute atomic E-state index is 12.4. The zero-order valence-corrected chi connectivity index (χ0v) is 13.7. The Kier molecular flexibility index (Phi) is 5.61. The summed E-state index contributed by atoms with van der Waals surface area (Å²) in [5.74, 6) is 1.07. The highest BCUT2D eigenvalue weighted by molar-refractivity contribution is 5.95. The molecule has 1 atom stereocenters. The molecule has 0 fully saturated rings. The van der Waals surface area contributed by atoms with E-state index < -0.39 is 0 Å². The van der Waals surface area contributed by atoms with Crippen LogP contribution in [0, 0.1) is 12.3 Å². The third-order valence-electron chi connectivity index (χ3n) is 3.60. The quantitative estimate of drug-likeness (QED) is 0.872. The van der Waals surface area contributed by atoms with E-state index in [1.165, 1.54) is 0 Å². The highest BCUT2D eigenvalue weighted by atomic mass is 16.5. The lowest BCUT2D eigenvalue weighted by atomic mass is 9.86. The number of rotatable bonds is 5. The average molecular weight is 294 g/mol. The fourth-order valence-electron chi connectivity index (χ4n) is 2.09. The van der Waals surface area contributed by atoms with Crippen molar-refractivity contribution in [3.05, 3.63) is 23.3 Å². The van der Waals surface area contributed by atoms with Crippen molar-refractivity contribution in [2.75, 3.05) is 20.8 Å². The van der Waals surface area contributed by atoms with Crippen LogP contribution in [-0.2, 0) is 0 Å². The standard InChI is InChI=1S/C16H26N2O3/c1-10-12(20-5)7-11(8-13(10)21-6)15(19)18-14(9-17)16(2,3)4/h7-8,14H,9,17H2,1-6H3,(H,18,19). The van der Waals surface area contributed by atoms with Crippen molar-refractivity contribution in [2.24, 2.45) is 11.1 Å². The van der Waals surface area contributed by atoms with Crippen LogP contribution in [0.5, 0.6) is 11.5 Å². The van der Waals surface area contributed by atoms with E-state index in [0.29, 0.717) is 23.6 Å². The Balaban J connectivity index is 3.07.